The lowest BCUT2D eigenvalue weighted by molar-refractivity contribution is 0.0601. The van der Waals surface area contributed by atoms with Gasteiger partial charge in [-0.1, -0.05) is 49.4 Å². The zero-order valence-electron chi connectivity index (χ0n) is 17.9. The first-order chi connectivity index (χ1) is 14.7. The van der Waals surface area contributed by atoms with E-state index >= 15 is 0 Å². The number of methoxy groups -OCH3 is 1. The minimum absolute atomic E-state index is 0.148. The summed E-state index contributed by atoms with van der Waals surface area (Å²) in [6.45, 7) is 5.64. The Labute approximate surface area is 195 Å². The Morgan fingerprint density at radius 3 is 2.29 bits per heavy atom. The average molecular weight is 486 g/mol. The van der Waals surface area contributed by atoms with E-state index in [-0.39, 0.29) is 32.0 Å². The van der Waals surface area contributed by atoms with Crippen LogP contribution in [0.1, 0.15) is 75.5 Å². The van der Waals surface area contributed by atoms with Crippen molar-refractivity contribution < 1.29 is 23.9 Å². The lowest BCUT2D eigenvalue weighted by atomic mass is 10.1. The minimum atomic E-state index is -0.639. The summed E-state index contributed by atoms with van der Waals surface area (Å²) in [7, 11) is 1.24. The highest BCUT2D eigenvalue weighted by molar-refractivity contribution is 7.18. The molecule has 1 N–H and O–H groups in total. The van der Waals surface area contributed by atoms with E-state index in [1.807, 2.05) is 0 Å². The summed E-state index contributed by atoms with van der Waals surface area (Å²) < 4.78 is 10.5. The number of carbonyl (C=O) groups excluding carboxylic acids is 3. The number of carbonyl (C=O) groups is 3. The molecule has 0 unspecified atom stereocenters. The van der Waals surface area contributed by atoms with Gasteiger partial charge in [0, 0.05) is 5.56 Å². The van der Waals surface area contributed by atoms with Gasteiger partial charge in [0.25, 0.3) is 5.91 Å². The molecular weight excluding hydrogens is 461 g/mol. The molecule has 1 heterocycles. The second-order valence-electron chi connectivity index (χ2n) is 6.94. The monoisotopic (exact) mass is 485 g/mol. The molecule has 6 nitrogen and oxygen atoms in total. The molecule has 0 saturated heterocycles. The summed E-state index contributed by atoms with van der Waals surface area (Å²) in [6, 6.07) is 2.91. The van der Waals surface area contributed by atoms with Crippen molar-refractivity contribution in [1.29, 1.82) is 0 Å². The van der Waals surface area contributed by atoms with E-state index in [9.17, 15) is 14.4 Å². The fourth-order valence-corrected chi connectivity index (χ4v) is 4.67. The normalized spacial score (nSPS) is 10.6. The van der Waals surface area contributed by atoms with Crippen LogP contribution in [-0.4, -0.2) is 31.4 Å². The summed E-state index contributed by atoms with van der Waals surface area (Å²) in [6.07, 6.45) is 4.19. The maximum absolute atomic E-state index is 12.8. The summed E-state index contributed by atoms with van der Waals surface area (Å²) in [5.41, 5.74) is 0.803. The van der Waals surface area contributed by atoms with Crippen LogP contribution in [0.15, 0.2) is 12.1 Å². The van der Waals surface area contributed by atoms with Crippen LogP contribution < -0.4 is 10.1 Å². The summed E-state index contributed by atoms with van der Waals surface area (Å²) >= 11 is 13.6. The van der Waals surface area contributed by atoms with Gasteiger partial charge in [-0.05, 0) is 38.0 Å². The molecule has 0 saturated carbocycles. The van der Waals surface area contributed by atoms with Gasteiger partial charge in [-0.15, -0.1) is 11.3 Å². The highest BCUT2D eigenvalue weighted by Crippen LogP contribution is 2.37. The molecule has 1 aromatic heterocycles. The van der Waals surface area contributed by atoms with E-state index in [2.05, 4.69) is 12.2 Å². The van der Waals surface area contributed by atoms with Crippen molar-refractivity contribution in [3.63, 3.8) is 0 Å². The Balaban J connectivity index is 2.24. The van der Waals surface area contributed by atoms with Gasteiger partial charge in [-0.25, -0.2) is 4.79 Å². The average Bonchev–Trinajstić information content (AvgIpc) is 3.04. The maximum Gasteiger partial charge on any atom is 0.341 e. The molecule has 2 aromatic rings. The number of rotatable bonds is 10. The lowest BCUT2D eigenvalue weighted by Gasteiger charge is -2.12. The Kier molecular flexibility index (Phi) is 9.34. The van der Waals surface area contributed by atoms with Crippen LogP contribution in [0.3, 0.4) is 0 Å². The van der Waals surface area contributed by atoms with Gasteiger partial charge in [0.1, 0.15) is 5.00 Å². The van der Waals surface area contributed by atoms with E-state index in [0.29, 0.717) is 22.8 Å². The quantitative estimate of drug-likeness (QED) is 0.234. The van der Waals surface area contributed by atoms with E-state index in [1.165, 1.54) is 26.2 Å². The molecule has 1 amide bonds. The molecule has 0 spiro atoms. The number of anilines is 1. The van der Waals surface area contributed by atoms with Crippen molar-refractivity contribution in [3.8, 4) is 5.75 Å². The fourth-order valence-electron chi connectivity index (χ4n) is 2.99. The largest absolute Gasteiger partial charge is 0.490 e. The van der Waals surface area contributed by atoms with Gasteiger partial charge in [-0.2, -0.15) is 0 Å². The SMILES string of the molecule is CCCCCCOc1c(Cl)cc(C(=O)Nc2sc(C(C)=O)c(C)c2C(=O)OC)cc1Cl. The Morgan fingerprint density at radius 2 is 1.74 bits per heavy atom. The third-order valence-electron chi connectivity index (χ3n) is 4.59. The Morgan fingerprint density at radius 1 is 1.10 bits per heavy atom. The van der Waals surface area contributed by atoms with Crippen molar-refractivity contribution in [1.82, 2.24) is 0 Å². The molecule has 1 aromatic carbocycles. The third-order valence-corrected chi connectivity index (χ3v) is 6.46. The number of hydrogen-bond donors (Lipinski definition) is 1. The number of Topliss-reactive ketones (excluding diaryl/α,β-unsaturated/α-hetero) is 1. The molecule has 9 heteroatoms. The van der Waals surface area contributed by atoms with Crippen LogP contribution in [-0.2, 0) is 4.74 Å². The van der Waals surface area contributed by atoms with Gasteiger partial charge in [0.05, 0.1) is 34.2 Å². The van der Waals surface area contributed by atoms with Crippen LogP contribution >= 0.6 is 34.5 Å². The first kappa shape index (κ1) is 25.2. The van der Waals surface area contributed by atoms with Crippen LogP contribution in [0.2, 0.25) is 10.0 Å². The van der Waals surface area contributed by atoms with Gasteiger partial charge in [0.15, 0.2) is 11.5 Å². The number of hydrogen-bond acceptors (Lipinski definition) is 6. The smallest absolute Gasteiger partial charge is 0.341 e. The number of benzene rings is 1. The maximum atomic E-state index is 12.8. The van der Waals surface area contributed by atoms with Gasteiger partial charge < -0.3 is 14.8 Å². The molecule has 0 aliphatic heterocycles. The molecule has 31 heavy (non-hydrogen) atoms. The van der Waals surface area contributed by atoms with Crippen LogP contribution in [0, 0.1) is 6.92 Å². The molecule has 2 rings (SSSR count). The fraction of sp³-hybridized carbons (Fsp3) is 0.409. The van der Waals surface area contributed by atoms with Gasteiger partial charge >= 0.3 is 5.97 Å². The zero-order chi connectivity index (χ0) is 23.1. The molecule has 0 aliphatic rings. The number of nitrogens with one attached hydrogen (secondary N) is 1. The number of halogens is 2. The summed E-state index contributed by atoms with van der Waals surface area (Å²) in [5.74, 6) is -1.05. The second kappa shape index (κ2) is 11.5. The molecule has 0 bridgehead atoms. The minimum Gasteiger partial charge on any atom is -0.490 e. The molecule has 0 atom stereocenters. The van der Waals surface area contributed by atoms with Crippen LogP contribution in [0.4, 0.5) is 5.00 Å². The zero-order valence-corrected chi connectivity index (χ0v) is 20.2. The predicted molar refractivity (Wildman–Crippen MR) is 124 cm³/mol. The number of ketones is 1. The highest BCUT2D eigenvalue weighted by atomic mass is 35.5. The molecular formula is C22H25Cl2NO5S. The van der Waals surface area contributed by atoms with E-state index < -0.39 is 11.9 Å². The van der Waals surface area contributed by atoms with Crippen LogP contribution in [0.25, 0.3) is 0 Å². The van der Waals surface area contributed by atoms with Gasteiger partial charge in [-0.3, -0.25) is 9.59 Å². The lowest BCUT2D eigenvalue weighted by Crippen LogP contribution is -2.14. The van der Waals surface area contributed by atoms with E-state index in [0.717, 1.165) is 37.0 Å². The van der Waals surface area contributed by atoms with E-state index in [4.69, 9.17) is 32.7 Å². The Bertz CT molecular complexity index is 964. The van der Waals surface area contributed by atoms with Crippen molar-refractivity contribution in [2.45, 2.75) is 46.5 Å². The van der Waals surface area contributed by atoms with Crippen molar-refractivity contribution in [3.05, 3.63) is 43.7 Å². The van der Waals surface area contributed by atoms with Crippen molar-refractivity contribution >= 4 is 57.2 Å². The predicted octanol–water partition coefficient (Wildman–Crippen LogP) is 6.56. The number of esters is 1. The Hall–Kier alpha value is -2.09. The molecule has 0 aliphatic carbocycles. The second-order valence-corrected chi connectivity index (χ2v) is 8.78. The molecule has 0 fully saturated rings. The topological polar surface area (TPSA) is 81.7 Å². The van der Waals surface area contributed by atoms with E-state index in [1.54, 1.807) is 6.92 Å². The molecule has 0 radical (unpaired) electrons. The number of ether oxygens (including phenoxy) is 2. The first-order valence-corrected chi connectivity index (χ1v) is 11.4. The molecule has 168 valence electrons. The number of amides is 1. The van der Waals surface area contributed by atoms with Crippen molar-refractivity contribution in [2.24, 2.45) is 0 Å². The first-order valence-electron chi connectivity index (χ1n) is 9.87. The number of unbranched alkanes of at least 4 members (excludes halogenated alkanes) is 3. The number of thiophene rings is 1. The summed E-state index contributed by atoms with van der Waals surface area (Å²) in [4.78, 5) is 37.2. The van der Waals surface area contributed by atoms with Crippen molar-refractivity contribution in [2.75, 3.05) is 19.0 Å². The third kappa shape index (κ3) is 6.21. The highest BCUT2D eigenvalue weighted by Gasteiger charge is 2.25. The summed E-state index contributed by atoms with van der Waals surface area (Å²) in [5, 5.41) is 3.32. The van der Waals surface area contributed by atoms with Crippen LogP contribution in [0.5, 0.6) is 5.75 Å². The standard InChI is InChI=1S/C22H25Cl2NO5S/c1-5-6-7-8-9-30-18-15(23)10-14(11-16(18)24)20(27)25-21-17(22(28)29-4)12(2)19(31-21)13(3)26/h10-11H,5-9H2,1-4H3,(H,25,27). The van der Waals surface area contributed by atoms with Gasteiger partial charge in [0.2, 0.25) is 0 Å².